The SMILES string of the molecule is COc1cc(/C=C(\C#N)C(=O)Nc2ccc(C)cc2)ccc1OCc1cc(=O)n2nc(C)sc2n1. The Morgan fingerprint density at radius 3 is 2.66 bits per heavy atom. The molecule has 0 atom stereocenters. The van der Waals surface area contributed by atoms with E-state index in [0.29, 0.717) is 33.4 Å². The second-order valence-electron chi connectivity index (χ2n) is 7.59. The second-order valence-corrected chi connectivity index (χ2v) is 8.75. The minimum atomic E-state index is -0.512. The molecule has 0 aliphatic rings. The van der Waals surface area contributed by atoms with Crippen LogP contribution in [0.25, 0.3) is 11.0 Å². The molecule has 4 rings (SSSR count). The molecule has 0 aliphatic heterocycles. The van der Waals surface area contributed by atoms with Gasteiger partial charge in [-0.15, -0.1) is 0 Å². The van der Waals surface area contributed by atoms with Crippen molar-refractivity contribution < 1.29 is 14.3 Å². The van der Waals surface area contributed by atoms with Gasteiger partial charge in [-0.3, -0.25) is 9.59 Å². The molecule has 0 saturated carbocycles. The van der Waals surface area contributed by atoms with Gasteiger partial charge in [0.2, 0.25) is 4.96 Å². The van der Waals surface area contributed by atoms with Crippen molar-refractivity contribution in [2.24, 2.45) is 0 Å². The van der Waals surface area contributed by atoms with E-state index in [1.165, 1.54) is 35.1 Å². The van der Waals surface area contributed by atoms with Crippen molar-refractivity contribution >= 4 is 34.0 Å². The number of aryl methyl sites for hydroxylation is 2. The van der Waals surface area contributed by atoms with Crippen molar-refractivity contribution in [1.82, 2.24) is 14.6 Å². The molecule has 9 nitrogen and oxygen atoms in total. The van der Waals surface area contributed by atoms with Crippen molar-refractivity contribution in [1.29, 1.82) is 5.26 Å². The Bertz CT molecular complexity index is 1530. The quantitative estimate of drug-likeness (QED) is 0.310. The molecule has 2 aromatic heterocycles. The Labute approximate surface area is 204 Å². The molecule has 0 bridgehead atoms. The highest BCUT2D eigenvalue weighted by atomic mass is 32.1. The number of benzene rings is 2. The number of methoxy groups -OCH3 is 1. The van der Waals surface area contributed by atoms with Crippen LogP contribution in [0.3, 0.4) is 0 Å². The van der Waals surface area contributed by atoms with E-state index >= 15 is 0 Å². The number of amides is 1. The molecule has 0 unspecified atom stereocenters. The number of nitrogens with zero attached hydrogens (tertiary/aromatic N) is 4. The molecule has 4 aromatic rings. The summed E-state index contributed by atoms with van der Waals surface area (Å²) in [6, 6.07) is 15.6. The van der Waals surface area contributed by atoms with Crippen LogP contribution in [0.1, 0.15) is 21.8 Å². The fourth-order valence-corrected chi connectivity index (χ4v) is 3.99. The van der Waals surface area contributed by atoms with Gasteiger partial charge in [0.25, 0.3) is 11.5 Å². The van der Waals surface area contributed by atoms with Crippen LogP contribution >= 0.6 is 11.3 Å². The van der Waals surface area contributed by atoms with E-state index in [9.17, 15) is 14.9 Å². The average Bonchev–Trinajstić information content (AvgIpc) is 3.23. The number of aromatic nitrogens is 3. The predicted octanol–water partition coefficient (Wildman–Crippen LogP) is 3.90. The van der Waals surface area contributed by atoms with E-state index in [-0.39, 0.29) is 17.7 Å². The Hall–Kier alpha value is -4.49. The zero-order chi connectivity index (χ0) is 24.9. The van der Waals surface area contributed by atoms with Gasteiger partial charge in [-0.2, -0.15) is 14.9 Å². The summed E-state index contributed by atoms with van der Waals surface area (Å²) in [6.07, 6.45) is 1.47. The lowest BCUT2D eigenvalue weighted by Gasteiger charge is -2.11. The summed E-state index contributed by atoms with van der Waals surface area (Å²) < 4.78 is 12.5. The summed E-state index contributed by atoms with van der Waals surface area (Å²) in [5.41, 5.74) is 2.38. The van der Waals surface area contributed by atoms with Crippen molar-refractivity contribution in [3.05, 3.63) is 86.3 Å². The van der Waals surface area contributed by atoms with E-state index in [1.807, 2.05) is 25.1 Å². The molecule has 2 aromatic carbocycles. The van der Waals surface area contributed by atoms with Crippen LogP contribution in [0.15, 0.2) is 58.9 Å². The summed E-state index contributed by atoms with van der Waals surface area (Å²) in [4.78, 5) is 29.7. The molecule has 176 valence electrons. The van der Waals surface area contributed by atoms with Gasteiger partial charge in [0, 0.05) is 11.8 Å². The normalized spacial score (nSPS) is 11.2. The maximum Gasteiger partial charge on any atom is 0.275 e. The van der Waals surface area contributed by atoms with E-state index in [4.69, 9.17) is 9.47 Å². The van der Waals surface area contributed by atoms with Gasteiger partial charge in [-0.25, -0.2) is 4.98 Å². The van der Waals surface area contributed by atoms with Crippen molar-refractivity contribution in [2.75, 3.05) is 12.4 Å². The summed E-state index contributed by atoms with van der Waals surface area (Å²) in [7, 11) is 1.49. The van der Waals surface area contributed by atoms with E-state index in [0.717, 1.165) is 10.6 Å². The molecule has 1 N–H and O–H groups in total. The molecule has 0 saturated heterocycles. The van der Waals surface area contributed by atoms with E-state index in [1.54, 1.807) is 37.3 Å². The van der Waals surface area contributed by atoms with Crippen LogP contribution in [0.5, 0.6) is 11.5 Å². The standard InChI is InChI=1S/C25H21N5O4S/c1-15-4-7-19(8-5-15)27-24(32)18(13-26)10-17-6-9-21(22(11-17)33-3)34-14-20-12-23(31)30-25(28-20)35-16(2)29-30/h4-12H,14H2,1-3H3,(H,27,32)/b18-10+. The first-order chi connectivity index (χ1) is 16.9. The largest absolute Gasteiger partial charge is 0.493 e. The zero-order valence-electron chi connectivity index (χ0n) is 19.2. The van der Waals surface area contributed by atoms with Gasteiger partial charge in [0.1, 0.15) is 23.3 Å². The molecular formula is C25H21N5O4S. The monoisotopic (exact) mass is 487 g/mol. The first-order valence-corrected chi connectivity index (χ1v) is 11.3. The molecule has 0 spiro atoms. The number of anilines is 1. The summed E-state index contributed by atoms with van der Waals surface area (Å²) in [5.74, 6) is 0.317. The highest BCUT2D eigenvalue weighted by Crippen LogP contribution is 2.29. The Kier molecular flexibility index (Phi) is 6.89. The molecule has 1 amide bonds. The Morgan fingerprint density at radius 1 is 1.17 bits per heavy atom. The maximum atomic E-state index is 12.5. The number of hydrogen-bond donors (Lipinski definition) is 1. The van der Waals surface area contributed by atoms with Crippen LogP contribution < -0.4 is 20.3 Å². The average molecular weight is 488 g/mol. The van der Waals surface area contributed by atoms with Gasteiger partial charge in [-0.1, -0.05) is 35.1 Å². The van der Waals surface area contributed by atoms with Crippen LogP contribution in [-0.4, -0.2) is 27.6 Å². The van der Waals surface area contributed by atoms with Gasteiger partial charge >= 0.3 is 0 Å². The molecule has 10 heteroatoms. The Morgan fingerprint density at radius 2 is 1.94 bits per heavy atom. The minimum absolute atomic E-state index is 0.0522. The zero-order valence-corrected chi connectivity index (χ0v) is 20.0. The summed E-state index contributed by atoms with van der Waals surface area (Å²) in [5, 5.41) is 17.1. The fourth-order valence-electron chi connectivity index (χ4n) is 3.22. The van der Waals surface area contributed by atoms with Crippen molar-refractivity contribution in [2.45, 2.75) is 20.5 Å². The second kappa shape index (κ2) is 10.2. The van der Waals surface area contributed by atoms with Crippen LogP contribution in [0, 0.1) is 25.2 Å². The predicted molar refractivity (Wildman–Crippen MR) is 133 cm³/mol. The van der Waals surface area contributed by atoms with Gasteiger partial charge < -0.3 is 14.8 Å². The third kappa shape index (κ3) is 5.54. The molecule has 0 aliphatic carbocycles. The van der Waals surface area contributed by atoms with Crippen molar-refractivity contribution in [3.8, 4) is 17.6 Å². The number of carbonyl (C=O) groups is 1. The first-order valence-electron chi connectivity index (χ1n) is 10.5. The number of hydrogen-bond acceptors (Lipinski definition) is 8. The first kappa shape index (κ1) is 23.7. The number of ether oxygens (including phenoxy) is 2. The molecule has 35 heavy (non-hydrogen) atoms. The number of carbonyl (C=O) groups excluding carboxylic acids is 1. The number of nitriles is 1. The number of rotatable bonds is 7. The lowest BCUT2D eigenvalue weighted by Crippen LogP contribution is -2.16. The fraction of sp³-hybridized carbons (Fsp3) is 0.160. The Balaban J connectivity index is 1.50. The van der Waals surface area contributed by atoms with Gasteiger partial charge in [0.05, 0.1) is 12.8 Å². The van der Waals surface area contributed by atoms with Gasteiger partial charge in [0.15, 0.2) is 11.5 Å². The van der Waals surface area contributed by atoms with Crippen molar-refractivity contribution in [3.63, 3.8) is 0 Å². The topological polar surface area (TPSA) is 119 Å². The lowest BCUT2D eigenvalue weighted by atomic mass is 10.1. The van der Waals surface area contributed by atoms with Crippen LogP contribution in [-0.2, 0) is 11.4 Å². The highest BCUT2D eigenvalue weighted by molar-refractivity contribution is 7.16. The molecular weight excluding hydrogens is 466 g/mol. The number of fused-ring (bicyclic) bond motifs is 1. The van der Waals surface area contributed by atoms with Gasteiger partial charge in [-0.05, 0) is 49.8 Å². The third-order valence-electron chi connectivity index (χ3n) is 4.95. The van der Waals surface area contributed by atoms with E-state index < -0.39 is 5.91 Å². The summed E-state index contributed by atoms with van der Waals surface area (Å²) in [6.45, 7) is 3.81. The van der Waals surface area contributed by atoms with Crippen LogP contribution in [0.4, 0.5) is 5.69 Å². The molecule has 0 radical (unpaired) electrons. The maximum absolute atomic E-state index is 12.5. The molecule has 0 fully saturated rings. The lowest BCUT2D eigenvalue weighted by molar-refractivity contribution is -0.112. The number of nitrogens with one attached hydrogen (secondary N) is 1. The smallest absolute Gasteiger partial charge is 0.275 e. The summed E-state index contributed by atoms with van der Waals surface area (Å²) >= 11 is 1.32. The van der Waals surface area contributed by atoms with E-state index in [2.05, 4.69) is 15.4 Å². The highest BCUT2D eigenvalue weighted by Gasteiger charge is 2.13. The minimum Gasteiger partial charge on any atom is -0.493 e. The third-order valence-corrected chi connectivity index (χ3v) is 5.77. The molecule has 2 heterocycles. The van der Waals surface area contributed by atoms with Crippen LogP contribution in [0.2, 0.25) is 0 Å².